The minimum atomic E-state index is 0.342. The summed E-state index contributed by atoms with van der Waals surface area (Å²) < 4.78 is 0. The molecule has 0 amide bonds. The van der Waals surface area contributed by atoms with E-state index in [0.717, 1.165) is 44.4 Å². The maximum atomic E-state index is 4.85. The van der Waals surface area contributed by atoms with Crippen molar-refractivity contribution in [3.63, 3.8) is 0 Å². The third kappa shape index (κ3) is 2.39. The Labute approximate surface area is 136 Å². The van der Waals surface area contributed by atoms with Gasteiger partial charge in [0.2, 0.25) is 0 Å². The Balaban J connectivity index is 1.37. The van der Waals surface area contributed by atoms with Crippen LogP contribution in [0.3, 0.4) is 0 Å². The van der Waals surface area contributed by atoms with Crippen molar-refractivity contribution in [1.82, 2.24) is 25.4 Å². The SMILES string of the molecule is c1ccc(CN2CC(c3nc(C4CC4)n[nH]3)C3(CNC3)C2)cc1. The number of nitrogens with zero attached hydrogens (tertiary/aromatic N) is 3. The van der Waals surface area contributed by atoms with Gasteiger partial charge in [0.1, 0.15) is 5.82 Å². The van der Waals surface area contributed by atoms with Crippen LogP contribution in [0.25, 0.3) is 0 Å². The van der Waals surface area contributed by atoms with E-state index in [2.05, 4.69) is 50.7 Å². The van der Waals surface area contributed by atoms with Crippen LogP contribution in [0.1, 0.15) is 41.9 Å². The molecule has 1 unspecified atom stereocenters. The molecule has 120 valence electrons. The molecule has 5 heteroatoms. The van der Waals surface area contributed by atoms with Crippen molar-refractivity contribution in [2.24, 2.45) is 5.41 Å². The quantitative estimate of drug-likeness (QED) is 0.905. The van der Waals surface area contributed by atoms with Crippen LogP contribution in [0.4, 0.5) is 0 Å². The lowest BCUT2D eigenvalue weighted by Gasteiger charge is -2.43. The van der Waals surface area contributed by atoms with Crippen LogP contribution in [0.5, 0.6) is 0 Å². The van der Waals surface area contributed by atoms with Crippen molar-refractivity contribution in [2.45, 2.75) is 31.2 Å². The van der Waals surface area contributed by atoms with Gasteiger partial charge in [0.15, 0.2) is 5.82 Å². The van der Waals surface area contributed by atoms with E-state index in [-0.39, 0.29) is 0 Å². The number of aromatic nitrogens is 3. The van der Waals surface area contributed by atoms with Crippen molar-refractivity contribution in [1.29, 1.82) is 0 Å². The number of hydrogen-bond donors (Lipinski definition) is 2. The second-order valence-corrected chi connectivity index (χ2v) is 7.53. The molecule has 1 spiro atoms. The Morgan fingerprint density at radius 2 is 2.00 bits per heavy atom. The second kappa shape index (κ2) is 5.14. The molecular formula is C18H23N5. The minimum absolute atomic E-state index is 0.342. The molecule has 3 aliphatic rings. The third-order valence-corrected chi connectivity index (χ3v) is 5.71. The first-order valence-electron chi connectivity index (χ1n) is 8.72. The van der Waals surface area contributed by atoms with Gasteiger partial charge in [-0.05, 0) is 18.4 Å². The Morgan fingerprint density at radius 3 is 2.70 bits per heavy atom. The number of rotatable bonds is 4. The number of hydrogen-bond acceptors (Lipinski definition) is 4. The summed E-state index contributed by atoms with van der Waals surface area (Å²) >= 11 is 0. The fraction of sp³-hybridized carbons (Fsp3) is 0.556. The molecule has 1 atom stereocenters. The van der Waals surface area contributed by atoms with Gasteiger partial charge in [-0.3, -0.25) is 10.00 Å². The summed E-state index contributed by atoms with van der Waals surface area (Å²) in [6, 6.07) is 10.8. The highest BCUT2D eigenvalue weighted by Crippen LogP contribution is 2.46. The van der Waals surface area contributed by atoms with E-state index in [1.165, 1.54) is 18.4 Å². The first-order chi connectivity index (χ1) is 11.3. The largest absolute Gasteiger partial charge is 0.315 e. The van der Waals surface area contributed by atoms with Gasteiger partial charge in [0, 0.05) is 50.0 Å². The highest BCUT2D eigenvalue weighted by Gasteiger charge is 2.52. The average Bonchev–Trinajstić information content (AvgIpc) is 3.14. The Morgan fingerprint density at radius 1 is 1.17 bits per heavy atom. The monoisotopic (exact) mass is 309 g/mol. The van der Waals surface area contributed by atoms with Crippen LogP contribution in [-0.2, 0) is 6.54 Å². The maximum absolute atomic E-state index is 4.85. The van der Waals surface area contributed by atoms with E-state index in [0.29, 0.717) is 17.3 Å². The third-order valence-electron chi connectivity index (χ3n) is 5.71. The Bertz CT molecular complexity index is 686. The number of likely N-dealkylation sites (tertiary alicyclic amines) is 1. The molecule has 23 heavy (non-hydrogen) atoms. The standard InChI is InChI=1S/C18H23N5/c1-2-4-13(5-3-1)8-23-9-15(18(12-23)10-19-11-18)17-20-16(21-22-17)14-6-7-14/h1-5,14-15,19H,6-12H2,(H,20,21,22). The van der Waals surface area contributed by atoms with E-state index in [9.17, 15) is 0 Å². The van der Waals surface area contributed by atoms with Gasteiger partial charge >= 0.3 is 0 Å². The van der Waals surface area contributed by atoms with Gasteiger partial charge in [-0.15, -0.1) is 0 Å². The van der Waals surface area contributed by atoms with Crippen LogP contribution < -0.4 is 5.32 Å². The summed E-state index contributed by atoms with van der Waals surface area (Å²) in [7, 11) is 0. The maximum Gasteiger partial charge on any atom is 0.153 e. The summed E-state index contributed by atoms with van der Waals surface area (Å²) in [6.07, 6.45) is 2.52. The molecule has 1 aromatic carbocycles. The molecule has 2 N–H and O–H groups in total. The number of benzene rings is 1. The van der Waals surface area contributed by atoms with Crippen LogP contribution in [0.15, 0.2) is 30.3 Å². The van der Waals surface area contributed by atoms with Gasteiger partial charge in [0.05, 0.1) is 0 Å². The van der Waals surface area contributed by atoms with Crippen molar-refractivity contribution < 1.29 is 0 Å². The normalized spacial score (nSPS) is 26.5. The van der Waals surface area contributed by atoms with Crippen molar-refractivity contribution >= 4 is 0 Å². The van der Waals surface area contributed by atoms with Gasteiger partial charge < -0.3 is 5.32 Å². The van der Waals surface area contributed by atoms with Gasteiger partial charge in [0.25, 0.3) is 0 Å². The van der Waals surface area contributed by atoms with E-state index < -0.39 is 0 Å². The van der Waals surface area contributed by atoms with Crippen molar-refractivity contribution in [2.75, 3.05) is 26.2 Å². The highest BCUT2D eigenvalue weighted by atomic mass is 15.3. The zero-order valence-electron chi connectivity index (χ0n) is 13.3. The summed E-state index contributed by atoms with van der Waals surface area (Å²) in [5.74, 6) is 3.26. The molecular weight excluding hydrogens is 286 g/mol. The smallest absolute Gasteiger partial charge is 0.153 e. The summed E-state index contributed by atoms with van der Waals surface area (Å²) in [5, 5.41) is 11.2. The fourth-order valence-electron chi connectivity index (χ4n) is 4.18. The lowest BCUT2D eigenvalue weighted by molar-refractivity contribution is 0.148. The minimum Gasteiger partial charge on any atom is -0.315 e. The van der Waals surface area contributed by atoms with E-state index in [4.69, 9.17) is 4.98 Å². The van der Waals surface area contributed by atoms with Gasteiger partial charge in [-0.1, -0.05) is 30.3 Å². The van der Waals surface area contributed by atoms with E-state index in [1.807, 2.05) is 0 Å². The van der Waals surface area contributed by atoms with Crippen molar-refractivity contribution in [3.8, 4) is 0 Å². The second-order valence-electron chi connectivity index (χ2n) is 7.53. The average molecular weight is 309 g/mol. The van der Waals surface area contributed by atoms with Gasteiger partial charge in [-0.25, -0.2) is 4.98 Å². The molecule has 2 saturated heterocycles. The zero-order chi connectivity index (χ0) is 15.3. The molecule has 5 nitrogen and oxygen atoms in total. The fourth-order valence-corrected chi connectivity index (χ4v) is 4.18. The van der Waals surface area contributed by atoms with Gasteiger partial charge in [-0.2, -0.15) is 5.10 Å². The van der Waals surface area contributed by atoms with Crippen LogP contribution in [-0.4, -0.2) is 46.3 Å². The molecule has 0 bridgehead atoms. The summed E-state index contributed by atoms with van der Waals surface area (Å²) in [6.45, 7) is 5.46. The van der Waals surface area contributed by atoms with Crippen LogP contribution >= 0.6 is 0 Å². The molecule has 1 aromatic heterocycles. The summed E-state index contributed by atoms with van der Waals surface area (Å²) in [5.41, 5.74) is 1.74. The van der Waals surface area contributed by atoms with E-state index >= 15 is 0 Å². The lowest BCUT2D eigenvalue weighted by Crippen LogP contribution is -2.57. The number of H-pyrrole nitrogens is 1. The topological polar surface area (TPSA) is 56.8 Å². The Kier molecular flexibility index (Phi) is 3.06. The first kappa shape index (κ1) is 13.7. The molecule has 3 heterocycles. The molecule has 0 radical (unpaired) electrons. The predicted octanol–water partition coefficient (Wildman–Crippen LogP) is 1.87. The molecule has 1 saturated carbocycles. The summed E-state index contributed by atoms with van der Waals surface area (Å²) in [4.78, 5) is 7.44. The molecule has 5 rings (SSSR count). The Hall–Kier alpha value is -1.72. The molecule has 2 aromatic rings. The van der Waals surface area contributed by atoms with Crippen LogP contribution in [0, 0.1) is 5.41 Å². The molecule has 3 fully saturated rings. The molecule has 1 aliphatic carbocycles. The van der Waals surface area contributed by atoms with E-state index in [1.54, 1.807) is 0 Å². The lowest BCUT2D eigenvalue weighted by atomic mass is 9.73. The number of aromatic amines is 1. The predicted molar refractivity (Wildman–Crippen MR) is 88.1 cm³/mol. The number of nitrogens with one attached hydrogen (secondary N) is 2. The van der Waals surface area contributed by atoms with Crippen LogP contribution in [0.2, 0.25) is 0 Å². The molecule has 2 aliphatic heterocycles. The zero-order valence-corrected chi connectivity index (χ0v) is 13.3. The highest BCUT2D eigenvalue weighted by molar-refractivity contribution is 5.20. The first-order valence-corrected chi connectivity index (χ1v) is 8.72. The van der Waals surface area contributed by atoms with Crippen molar-refractivity contribution in [3.05, 3.63) is 47.5 Å².